The first kappa shape index (κ1) is 14.9. The fourth-order valence-electron chi connectivity index (χ4n) is 2.63. The molecule has 0 unspecified atom stereocenters. The number of anilines is 1. The van der Waals surface area contributed by atoms with Crippen LogP contribution in [-0.4, -0.2) is 47.4 Å². The number of amides is 1. The molecule has 1 aromatic carbocycles. The van der Waals surface area contributed by atoms with Gasteiger partial charge in [0.2, 0.25) is 0 Å². The summed E-state index contributed by atoms with van der Waals surface area (Å²) < 4.78 is 0. The van der Waals surface area contributed by atoms with Gasteiger partial charge in [0.05, 0.1) is 5.56 Å². The minimum absolute atomic E-state index is 0.0519. The van der Waals surface area contributed by atoms with Gasteiger partial charge in [-0.2, -0.15) is 0 Å². The fraction of sp³-hybridized carbons (Fsp3) is 0.562. The normalized spacial score (nSPS) is 17.3. The second-order valence-corrected chi connectivity index (χ2v) is 6.54. The SMILES string of the molecule is Cc1ccc(C(=O)N2CCN(C(C)(C)C)CC2)c(N)c1. The van der Waals surface area contributed by atoms with Gasteiger partial charge in [-0.25, -0.2) is 0 Å². The van der Waals surface area contributed by atoms with Crippen molar-refractivity contribution < 1.29 is 4.79 Å². The first-order valence-electron chi connectivity index (χ1n) is 7.19. The molecule has 0 radical (unpaired) electrons. The van der Waals surface area contributed by atoms with Crippen LogP contribution in [0.3, 0.4) is 0 Å². The number of nitrogen functional groups attached to an aromatic ring is 1. The maximum atomic E-state index is 12.5. The van der Waals surface area contributed by atoms with E-state index < -0.39 is 0 Å². The van der Waals surface area contributed by atoms with Crippen LogP contribution in [0.25, 0.3) is 0 Å². The Kier molecular flexibility index (Phi) is 4.04. The van der Waals surface area contributed by atoms with Crippen LogP contribution >= 0.6 is 0 Å². The minimum atomic E-state index is 0.0519. The molecule has 110 valence electrons. The highest BCUT2D eigenvalue weighted by molar-refractivity contribution is 5.99. The quantitative estimate of drug-likeness (QED) is 0.799. The lowest BCUT2D eigenvalue weighted by Crippen LogP contribution is -2.54. The molecule has 1 aromatic rings. The Morgan fingerprint density at radius 1 is 1.15 bits per heavy atom. The van der Waals surface area contributed by atoms with Crippen molar-refractivity contribution in [3.05, 3.63) is 29.3 Å². The van der Waals surface area contributed by atoms with E-state index in [2.05, 4.69) is 25.7 Å². The molecule has 2 N–H and O–H groups in total. The molecule has 0 saturated carbocycles. The van der Waals surface area contributed by atoms with Crippen molar-refractivity contribution in [3.8, 4) is 0 Å². The molecule has 0 aromatic heterocycles. The number of hydrogen-bond donors (Lipinski definition) is 1. The maximum Gasteiger partial charge on any atom is 0.256 e. The first-order chi connectivity index (χ1) is 9.29. The summed E-state index contributed by atoms with van der Waals surface area (Å²) in [5.41, 5.74) is 8.41. The average Bonchev–Trinajstić information content (AvgIpc) is 2.37. The summed E-state index contributed by atoms with van der Waals surface area (Å²) in [5, 5.41) is 0. The second-order valence-electron chi connectivity index (χ2n) is 6.54. The number of carbonyl (C=O) groups is 1. The van der Waals surface area contributed by atoms with Crippen LogP contribution in [0.4, 0.5) is 5.69 Å². The van der Waals surface area contributed by atoms with E-state index in [9.17, 15) is 4.79 Å². The van der Waals surface area contributed by atoms with E-state index in [1.54, 1.807) is 0 Å². The third-order valence-corrected chi connectivity index (χ3v) is 3.95. The Morgan fingerprint density at radius 3 is 2.25 bits per heavy atom. The molecule has 0 bridgehead atoms. The topological polar surface area (TPSA) is 49.6 Å². The average molecular weight is 275 g/mol. The smallest absolute Gasteiger partial charge is 0.256 e. The summed E-state index contributed by atoms with van der Waals surface area (Å²) in [5.74, 6) is 0.0519. The van der Waals surface area contributed by atoms with E-state index in [1.165, 1.54) is 0 Å². The van der Waals surface area contributed by atoms with E-state index in [1.807, 2.05) is 30.0 Å². The van der Waals surface area contributed by atoms with E-state index in [0.717, 1.165) is 31.7 Å². The minimum Gasteiger partial charge on any atom is -0.398 e. The predicted octanol–water partition coefficient (Wildman–Crippen LogP) is 2.13. The Balaban J connectivity index is 2.05. The van der Waals surface area contributed by atoms with Crippen LogP contribution in [0.5, 0.6) is 0 Å². The molecule has 2 rings (SSSR count). The van der Waals surface area contributed by atoms with Gasteiger partial charge >= 0.3 is 0 Å². The molecule has 4 heteroatoms. The molecule has 0 atom stereocenters. The molecular weight excluding hydrogens is 250 g/mol. The highest BCUT2D eigenvalue weighted by Gasteiger charge is 2.28. The Hall–Kier alpha value is -1.55. The molecular formula is C16H25N3O. The van der Waals surface area contributed by atoms with Gasteiger partial charge in [0.25, 0.3) is 5.91 Å². The lowest BCUT2D eigenvalue weighted by atomic mass is 10.0. The lowest BCUT2D eigenvalue weighted by Gasteiger charge is -2.42. The Bertz CT molecular complexity index is 497. The molecule has 1 heterocycles. The molecule has 1 aliphatic heterocycles. The zero-order chi connectivity index (χ0) is 14.9. The van der Waals surface area contributed by atoms with Crippen molar-refractivity contribution >= 4 is 11.6 Å². The van der Waals surface area contributed by atoms with Crippen LogP contribution in [-0.2, 0) is 0 Å². The molecule has 0 aliphatic carbocycles. The summed E-state index contributed by atoms with van der Waals surface area (Å²) in [6.07, 6.45) is 0. The highest BCUT2D eigenvalue weighted by Crippen LogP contribution is 2.20. The summed E-state index contributed by atoms with van der Waals surface area (Å²) in [4.78, 5) is 16.8. The standard InChI is InChI=1S/C16H25N3O/c1-12-5-6-13(14(17)11-12)15(20)18-7-9-19(10-8-18)16(2,3)4/h5-6,11H,7-10,17H2,1-4H3. The van der Waals surface area contributed by atoms with Crippen LogP contribution in [0.1, 0.15) is 36.7 Å². The van der Waals surface area contributed by atoms with Crippen LogP contribution < -0.4 is 5.73 Å². The molecule has 0 spiro atoms. The van der Waals surface area contributed by atoms with Crippen LogP contribution in [0.2, 0.25) is 0 Å². The van der Waals surface area contributed by atoms with Crippen molar-refractivity contribution in [3.63, 3.8) is 0 Å². The second kappa shape index (κ2) is 5.44. The number of aryl methyl sites for hydroxylation is 1. The van der Waals surface area contributed by atoms with E-state index in [4.69, 9.17) is 5.73 Å². The highest BCUT2D eigenvalue weighted by atomic mass is 16.2. The van der Waals surface area contributed by atoms with Gasteiger partial charge in [0, 0.05) is 37.4 Å². The van der Waals surface area contributed by atoms with Crippen molar-refractivity contribution in [2.75, 3.05) is 31.9 Å². The first-order valence-corrected chi connectivity index (χ1v) is 7.19. The zero-order valence-corrected chi connectivity index (χ0v) is 12.9. The summed E-state index contributed by atoms with van der Waals surface area (Å²) in [7, 11) is 0. The number of nitrogens with two attached hydrogens (primary N) is 1. The van der Waals surface area contributed by atoms with E-state index in [0.29, 0.717) is 11.3 Å². The van der Waals surface area contributed by atoms with Gasteiger partial charge in [-0.3, -0.25) is 9.69 Å². The number of nitrogens with zero attached hydrogens (tertiary/aromatic N) is 2. The van der Waals surface area contributed by atoms with Gasteiger partial charge in [-0.1, -0.05) is 6.07 Å². The Labute approximate surface area is 121 Å². The van der Waals surface area contributed by atoms with E-state index in [-0.39, 0.29) is 11.4 Å². The number of piperazine rings is 1. The van der Waals surface area contributed by atoms with Gasteiger partial charge in [-0.05, 0) is 45.4 Å². The monoisotopic (exact) mass is 275 g/mol. The predicted molar refractivity (Wildman–Crippen MR) is 82.8 cm³/mol. The number of benzene rings is 1. The molecule has 4 nitrogen and oxygen atoms in total. The number of carbonyl (C=O) groups excluding carboxylic acids is 1. The molecule has 1 aliphatic rings. The third kappa shape index (κ3) is 3.12. The van der Waals surface area contributed by atoms with E-state index >= 15 is 0 Å². The summed E-state index contributed by atoms with van der Waals surface area (Å²) in [6, 6.07) is 5.64. The van der Waals surface area contributed by atoms with Crippen LogP contribution in [0, 0.1) is 6.92 Å². The van der Waals surface area contributed by atoms with Crippen molar-refractivity contribution in [2.24, 2.45) is 0 Å². The maximum absolute atomic E-state index is 12.5. The van der Waals surface area contributed by atoms with Gasteiger partial charge < -0.3 is 10.6 Å². The molecule has 1 fully saturated rings. The Morgan fingerprint density at radius 2 is 1.75 bits per heavy atom. The van der Waals surface area contributed by atoms with Gasteiger partial charge in [0.1, 0.15) is 0 Å². The largest absolute Gasteiger partial charge is 0.398 e. The molecule has 1 saturated heterocycles. The van der Waals surface area contributed by atoms with Crippen molar-refractivity contribution in [1.82, 2.24) is 9.80 Å². The number of rotatable bonds is 1. The van der Waals surface area contributed by atoms with Crippen molar-refractivity contribution in [2.45, 2.75) is 33.2 Å². The summed E-state index contributed by atoms with van der Waals surface area (Å²) >= 11 is 0. The van der Waals surface area contributed by atoms with Crippen LogP contribution in [0.15, 0.2) is 18.2 Å². The van der Waals surface area contributed by atoms with Gasteiger partial charge in [-0.15, -0.1) is 0 Å². The van der Waals surface area contributed by atoms with Gasteiger partial charge in [0.15, 0.2) is 0 Å². The molecule has 20 heavy (non-hydrogen) atoms. The fourth-order valence-corrected chi connectivity index (χ4v) is 2.63. The summed E-state index contributed by atoms with van der Waals surface area (Å²) in [6.45, 7) is 12.0. The molecule has 1 amide bonds. The lowest BCUT2D eigenvalue weighted by molar-refractivity contribution is 0.0452. The third-order valence-electron chi connectivity index (χ3n) is 3.95. The van der Waals surface area contributed by atoms with Crippen molar-refractivity contribution in [1.29, 1.82) is 0 Å². The zero-order valence-electron chi connectivity index (χ0n) is 12.9. The number of hydrogen-bond acceptors (Lipinski definition) is 3.